The van der Waals surface area contributed by atoms with Gasteiger partial charge in [0.1, 0.15) is 12.1 Å². The number of carboxylic acids is 1. The Balaban J connectivity index is 3.01. The summed E-state index contributed by atoms with van der Waals surface area (Å²) in [6, 6.07) is 4.09. The summed E-state index contributed by atoms with van der Waals surface area (Å²) in [4.78, 5) is 21.3. The third-order valence-electron chi connectivity index (χ3n) is 2.67. The average molecular weight is 289 g/mol. The molecule has 0 spiro atoms. The van der Waals surface area contributed by atoms with E-state index in [1.54, 1.807) is 0 Å². The molecule has 0 aliphatic carbocycles. The molecule has 1 aromatic rings. The van der Waals surface area contributed by atoms with Crippen LogP contribution in [0.3, 0.4) is 0 Å². The topological polar surface area (TPSA) is 102 Å². The first kappa shape index (κ1) is 15.2. The molecule has 0 heterocycles. The fourth-order valence-electron chi connectivity index (χ4n) is 1.24. The van der Waals surface area contributed by atoms with Crippen molar-refractivity contribution >= 4 is 23.3 Å². The maximum absolute atomic E-state index is 11.1. The lowest BCUT2D eigenvalue weighted by atomic mass is 10.1. The van der Waals surface area contributed by atoms with Crippen LogP contribution < -0.4 is 10.1 Å². The second-order valence-corrected chi connectivity index (χ2v) is 4.43. The number of hydrogen-bond donors (Lipinski definition) is 2. The van der Waals surface area contributed by atoms with Gasteiger partial charge in [0.2, 0.25) is 5.75 Å². The Bertz CT molecular complexity index is 508. The van der Waals surface area contributed by atoms with Crippen LogP contribution >= 0.6 is 11.6 Å². The third kappa shape index (κ3) is 3.33. The lowest BCUT2D eigenvalue weighted by Gasteiger charge is -2.24. The number of benzene rings is 1. The molecular weight excluding hydrogens is 276 g/mol. The van der Waals surface area contributed by atoms with Gasteiger partial charge in [-0.1, -0.05) is 17.7 Å². The number of carbonyl (C=O) groups is 1. The first-order chi connectivity index (χ1) is 8.81. The van der Waals surface area contributed by atoms with E-state index in [0.717, 1.165) is 0 Å². The van der Waals surface area contributed by atoms with Crippen LogP contribution in [0.2, 0.25) is 5.02 Å². The molecule has 1 atom stereocenters. The molecule has 1 rings (SSSR count). The maximum Gasteiger partial charge on any atom is 0.327 e. The molecule has 0 saturated heterocycles. The molecule has 7 nitrogen and oxygen atoms in total. The average Bonchev–Trinajstić information content (AvgIpc) is 2.36. The number of likely N-dealkylation sites (N-methyl/N-ethyl adjacent to an activating group) is 1. The number of hydrogen-bond acceptors (Lipinski definition) is 5. The summed E-state index contributed by atoms with van der Waals surface area (Å²) in [5, 5.41) is 22.5. The third-order valence-corrected chi connectivity index (χ3v) is 2.97. The molecule has 0 fully saturated rings. The highest BCUT2D eigenvalue weighted by Gasteiger charge is 2.33. The molecule has 19 heavy (non-hydrogen) atoms. The quantitative estimate of drug-likeness (QED) is 0.610. The van der Waals surface area contributed by atoms with Crippen LogP contribution in [0.25, 0.3) is 0 Å². The Labute approximate surface area is 114 Å². The number of para-hydroxylation sites is 1. The minimum absolute atomic E-state index is 0.0537. The number of nitro groups is 1. The standard InChI is InChI=1S/C11H13ClN2O5/c1-11(13-2,10(15)16)6-19-9-7(12)4-3-5-8(9)14(17)18/h3-5,13H,6H2,1-2H3,(H,15,16). The van der Waals surface area contributed by atoms with Crippen molar-refractivity contribution in [3.8, 4) is 5.75 Å². The Kier molecular flexibility index (Phi) is 4.68. The monoisotopic (exact) mass is 288 g/mol. The van der Waals surface area contributed by atoms with Crippen LogP contribution in [0.4, 0.5) is 5.69 Å². The lowest BCUT2D eigenvalue weighted by Crippen LogP contribution is -2.52. The van der Waals surface area contributed by atoms with Gasteiger partial charge in [-0.15, -0.1) is 0 Å². The Morgan fingerprint density at radius 1 is 1.63 bits per heavy atom. The zero-order valence-corrected chi connectivity index (χ0v) is 11.1. The van der Waals surface area contributed by atoms with E-state index in [0.29, 0.717) is 0 Å². The van der Waals surface area contributed by atoms with Crippen LogP contribution in [-0.4, -0.2) is 35.2 Å². The maximum atomic E-state index is 11.1. The molecule has 0 amide bonds. The number of nitro benzene ring substituents is 1. The fraction of sp³-hybridized carbons (Fsp3) is 0.364. The molecule has 0 saturated carbocycles. The molecule has 0 bridgehead atoms. The second-order valence-electron chi connectivity index (χ2n) is 4.02. The van der Waals surface area contributed by atoms with Gasteiger partial charge >= 0.3 is 11.7 Å². The van der Waals surface area contributed by atoms with Crippen molar-refractivity contribution in [1.82, 2.24) is 5.32 Å². The molecule has 104 valence electrons. The van der Waals surface area contributed by atoms with E-state index in [2.05, 4.69) is 5.32 Å². The van der Waals surface area contributed by atoms with Crippen molar-refractivity contribution < 1.29 is 19.6 Å². The first-order valence-corrected chi connectivity index (χ1v) is 5.67. The highest BCUT2D eigenvalue weighted by atomic mass is 35.5. The molecule has 0 radical (unpaired) electrons. The number of nitrogens with one attached hydrogen (secondary N) is 1. The number of nitrogens with zero attached hydrogens (tertiary/aromatic N) is 1. The molecule has 0 aliphatic heterocycles. The van der Waals surface area contributed by atoms with E-state index in [9.17, 15) is 14.9 Å². The highest BCUT2D eigenvalue weighted by Crippen LogP contribution is 2.34. The fourth-order valence-corrected chi connectivity index (χ4v) is 1.47. The summed E-state index contributed by atoms with van der Waals surface area (Å²) in [5.74, 6) is -1.28. The summed E-state index contributed by atoms with van der Waals surface area (Å²) >= 11 is 5.83. The zero-order valence-electron chi connectivity index (χ0n) is 10.3. The van der Waals surface area contributed by atoms with Gasteiger partial charge in [-0.05, 0) is 20.0 Å². The van der Waals surface area contributed by atoms with Crippen molar-refractivity contribution in [2.24, 2.45) is 0 Å². The summed E-state index contributed by atoms with van der Waals surface area (Å²) in [5.41, 5.74) is -1.68. The van der Waals surface area contributed by atoms with Crippen LogP contribution in [0.15, 0.2) is 18.2 Å². The molecule has 1 aromatic carbocycles. The minimum Gasteiger partial charge on any atom is -0.483 e. The van der Waals surface area contributed by atoms with Crippen molar-refractivity contribution in [3.05, 3.63) is 33.3 Å². The van der Waals surface area contributed by atoms with Crippen LogP contribution in [0.5, 0.6) is 5.75 Å². The van der Waals surface area contributed by atoms with E-state index in [-0.39, 0.29) is 23.1 Å². The van der Waals surface area contributed by atoms with Gasteiger partial charge in [0, 0.05) is 6.07 Å². The Morgan fingerprint density at radius 3 is 2.74 bits per heavy atom. The normalized spacial score (nSPS) is 13.6. The van der Waals surface area contributed by atoms with Crippen molar-refractivity contribution in [2.75, 3.05) is 13.7 Å². The van der Waals surface area contributed by atoms with E-state index in [4.69, 9.17) is 21.4 Å². The molecule has 0 aromatic heterocycles. The molecule has 1 unspecified atom stereocenters. The summed E-state index contributed by atoms with van der Waals surface area (Å²) < 4.78 is 5.23. The van der Waals surface area contributed by atoms with Gasteiger partial charge in [-0.2, -0.15) is 0 Å². The molecule has 2 N–H and O–H groups in total. The number of rotatable bonds is 6. The van der Waals surface area contributed by atoms with Gasteiger partial charge in [-0.25, -0.2) is 0 Å². The van der Waals surface area contributed by atoms with E-state index in [1.807, 2.05) is 0 Å². The number of carboxylic acid groups (broad SMARTS) is 1. The second kappa shape index (κ2) is 5.85. The highest BCUT2D eigenvalue weighted by molar-refractivity contribution is 6.32. The van der Waals surface area contributed by atoms with Crippen LogP contribution in [0.1, 0.15) is 6.92 Å². The smallest absolute Gasteiger partial charge is 0.327 e. The summed E-state index contributed by atoms with van der Waals surface area (Å²) in [7, 11) is 1.46. The van der Waals surface area contributed by atoms with Crippen LogP contribution in [-0.2, 0) is 4.79 Å². The number of ether oxygens (including phenoxy) is 1. The van der Waals surface area contributed by atoms with Crippen molar-refractivity contribution in [1.29, 1.82) is 0 Å². The van der Waals surface area contributed by atoms with Crippen LogP contribution in [0, 0.1) is 10.1 Å². The van der Waals surface area contributed by atoms with Gasteiger partial charge in [0.15, 0.2) is 0 Å². The van der Waals surface area contributed by atoms with E-state index < -0.39 is 16.4 Å². The largest absolute Gasteiger partial charge is 0.483 e. The zero-order chi connectivity index (χ0) is 14.6. The number of aliphatic carboxylic acids is 1. The molecule has 0 aliphatic rings. The van der Waals surface area contributed by atoms with E-state index in [1.165, 1.54) is 32.2 Å². The minimum atomic E-state index is -1.37. The predicted octanol–water partition coefficient (Wildman–Crippen LogP) is 1.69. The number of halogens is 1. The molecular formula is C11H13ClN2O5. The van der Waals surface area contributed by atoms with Gasteiger partial charge in [0.25, 0.3) is 0 Å². The Morgan fingerprint density at radius 2 is 2.26 bits per heavy atom. The van der Waals surface area contributed by atoms with E-state index >= 15 is 0 Å². The summed E-state index contributed by atoms with van der Waals surface area (Å²) in [6.45, 7) is 1.10. The van der Waals surface area contributed by atoms with Gasteiger partial charge < -0.3 is 15.2 Å². The van der Waals surface area contributed by atoms with Gasteiger partial charge in [0.05, 0.1) is 9.95 Å². The van der Waals surface area contributed by atoms with Crippen molar-refractivity contribution in [3.63, 3.8) is 0 Å². The Hall–Kier alpha value is -1.86. The SMILES string of the molecule is CNC(C)(COc1c(Cl)cccc1[N+](=O)[O-])C(=O)O. The lowest BCUT2D eigenvalue weighted by molar-refractivity contribution is -0.385. The molecule has 8 heteroatoms. The summed E-state index contributed by atoms with van der Waals surface area (Å²) in [6.07, 6.45) is 0. The van der Waals surface area contributed by atoms with Gasteiger partial charge in [-0.3, -0.25) is 14.9 Å². The van der Waals surface area contributed by atoms with Crippen molar-refractivity contribution in [2.45, 2.75) is 12.5 Å². The predicted molar refractivity (Wildman–Crippen MR) is 68.7 cm³/mol. The first-order valence-electron chi connectivity index (χ1n) is 5.30.